The summed E-state index contributed by atoms with van der Waals surface area (Å²) in [5.74, 6) is 0.412. The third-order valence-corrected chi connectivity index (χ3v) is 7.51. The first-order chi connectivity index (χ1) is 15.4. The van der Waals surface area contributed by atoms with Crippen LogP contribution in [0.1, 0.15) is 79.6 Å². The maximum absolute atomic E-state index is 11.9. The smallest absolute Gasteiger partial charge is 0.410 e. The van der Waals surface area contributed by atoms with Gasteiger partial charge in [0.2, 0.25) is 5.88 Å². The molecular weight excluding hydrogens is 446 g/mol. The lowest BCUT2D eigenvalue weighted by molar-refractivity contribution is 0.0101. The number of ether oxygens (including phenoxy) is 2. The van der Waals surface area contributed by atoms with Crippen molar-refractivity contribution in [3.63, 3.8) is 0 Å². The summed E-state index contributed by atoms with van der Waals surface area (Å²) < 4.78 is 34.7. The van der Waals surface area contributed by atoms with E-state index in [9.17, 15) is 18.3 Å². The van der Waals surface area contributed by atoms with Gasteiger partial charge in [-0.3, -0.25) is 0 Å². The molecule has 2 heterocycles. The molecule has 1 N–H and O–H groups in total. The summed E-state index contributed by atoms with van der Waals surface area (Å²) >= 11 is 0. The topological polar surface area (TPSA) is 119 Å². The summed E-state index contributed by atoms with van der Waals surface area (Å²) in [6.07, 6.45) is 9.35. The van der Waals surface area contributed by atoms with Crippen molar-refractivity contribution < 1.29 is 27.8 Å². The van der Waals surface area contributed by atoms with Gasteiger partial charge in [0.05, 0.1) is 23.7 Å². The second kappa shape index (κ2) is 12.0. The van der Waals surface area contributed by atoms with E-state index in [4.69, 9.17) is 9.47 Å². The lowest BCUT2D eigenvalue weighted by Gasteiger charge is -2.31. The molecule has 0 radical (unpaired) electrons. The van der Waals surface area contributed by atoms with Crippen molar-refractivity contribution in [2.75, 3.05) is 13.1 Å². The van der Waals surface area contributed by atoms with Crippen LogP contribution in [-0.2, 0) is 14.6 Å². The van der Waals surface area contributed by atoms with Crippen LogP contribution in [0.25, 0.3) is 0 Å². The van der Waals surface area contributed by atoms with Gasteiger partial charge in [-0.15, -0.1) is 0 Å². The van der Waals surface area contributed by atoms with Crippen LogP contribution in [0.3, 0.4) is 0 Å². The first-order valence-corrected chi connectivity index (χ1v) is 13.3. The van der Waals surface area contributed by atoms with Gasteiger partial charge in [-0.25, -0.2) is 23.2 Å². The number of carbonyl (C=O) groups is 1. The molecule has 1 aliphatic carbocycles. The molecular formula is C23H39N3O6S. The van der Waals surface area contributed by atoms with Crippen LogP contribution in [0.2, 0.25) is 0 Å². The maximum atomic E-state index is 11.9. The van der Waals surface area contributed by atoms with Gasteiger partial charge in [-0.2, -0.15) is 0 Å². The van der Waals surface area contributed by atoms with E-state index in [-0.39, 0.29) is 23.3 Å². The number of hydrogen-bond acceptors (Lipinski definition) is 8. The minimum atomic E-state index is -3.36. The van der Waals surface area contributed by atoms with Crippen molar-refractivity contribution in [3.05, 3.63) is 12.4 Å². The number of amides is 1. The zero-order chi connectivity index (χ0) is 24.6. The second-order valence-electron chi connectivity index (χ2n) is 9.86. The van der Waals surface area contributed by atoms with Gasteiger partial charge in [0.25, 0.3) is 0 Å². The van der Waals surface area contributed by atoms with Gasteiger partial charge in [0.15, 0.2) is 14.9 Å². The molecule has 33 heavy (non-hydrogen) atoms. The largest absolute Gasteiger partial charge is 0.473 e. The SMILES string of the molecule is CC(C)(C)OC(=O)N1CCC(O)CC1.CC(C)S(=O)(=O)c1cnc(OC2CCCCC2)cn1. The first-order valence-electron chi connectivity index (χ1n) is 11.8. The summed E-state index contributed by atoms with van der Waals surface area (Å²) in [6.45, 7) is 10.00. The van der Waals surface area contributed by atoms with E-state index in [2.05, 4.69) is 9.97 Å². The summed E-state index contributed by atoms with van der Waals surface area (Å²) in [7, 11) is -3.36. The number of carbonyl (C=O) groups excluding carboxylic acids is 1. The van der Waals surface area contributed by atoms with Crippen LogP contribution in [0, 0.1) is 0 Å². The molecule has 1 aromatic heterocycles. The maximum Gasteiger partial charge on any atom is 0.410 e. The van der Waals surface area contributed by atoms with Crippen LogP contribution in [0.15, 0.2) is 17.4 Å². The standard InChI is InChI=1S/C13H20N2O3S.C10H19NO3/c1-10(2)19(16,17)13-9-14-12(8-15-13)18-11-6-4-3-5-7-11;1-10(2,3)14-9(13)11-6-4-8(12)5-7-11/h8-11H,3-7H2,1-2H3;8,12H,4-7H2,1-3H3. The number of likely N-dealkylation sites (tertiary alicyclic amines) is 1. The third kappa shape index (κ3) is 9.08. The minimum Gasteiger partial charge on any atom is -0.473 e. The second-order valence-corrected chi connectivity index (χ2v) is 12.3. The quantitative estimate of drug-likeness (QED) is 0.685. The molecule has 9 nitrogen and oxygen atoms in total. The van der Waals surface area contributed by atoms with Crippen LogP contribution in [-0.4, -0.2) is 70.6 Å². The molecule has 1 saturated carbocycles. The van der Waals surface area contributed by atoms with Crippen molar-refractivity contribution in [1.82, 2.24) is 14.9 Å². The van der Waals surface area contributed by atoms with Gasteiger partial charge in [0, 0.05) is 13.1 Å². The highest BCUT2D eigenvalue weighted by Crippen LogP contribution is 2.22. The van der Waals surface area contributed by atoms with E-state index >= 15 is 0 Å². The van der Waals surface area contributed by atoms with Gasteiger partial charge in [-0.1, -0.05) is 6.42 Å². The van der Waals surface area contributed by atoms with E-state index in [1.165, 1.54) is 31.7 Å². The molecule has 0 aromatic carbocycles. The van der Waals surface area contributed by atoms with Crippen molar-refractivity contribution in [2.45, 2.75) is 108 Å². The zero-order valence-electron chi connectivity index (χ0n) is 20.5. The van der Waals surface area contributed by atoms with E-state index in [1.807, 2.05) is 20.8 Å². The lowest BCUT2D eigenvalue weighted by atomic mass is 9.98. The Morgan fingerprint density at radius 3 is 2.15 bits per heavy atom. The summed E-state index contributed by atoms with van der Waals surface area (Å²) in [6, 6.07) is 0. The molecule has 1 aliphatic heterocycles. The van der Waals surface area contributed by atoms with E-state index in [0.29, 0.717) is 31.8 Å². The van der Waals surface area contributed by atoms with E-state index in [0.717, 1.165) is 12.8 Å². The highest BCUT2D eigenvalue weighted by atomic mass is 32.2. The first kappa shape index (κ1) is 27.3. The van der Waals surface area contributed by atoms with E-state index < -0.39 is 20.7 Å². The summed E-state index contributed by atoms with van der Waals surface area (Å²) in [4.78, 5) is 21.2. The fraction of sp³-hybridized carbons (Fsp3) is 0.783. The number of aliphatic hydroxyl groups is 1. The van der Waals surface area contributed by atoms with Crippen molar-refractivity contribution in [3.8, 4) is 5.88 Å². The lowest BCUT2D eigenvalue weighted by Crippen LogP contribution is -2.42. The minimum absolute atomic E-state index is 0.0125. The van der Waals surface area contributed by atoms with Crippen LogP contribution >= 0.6 is 0 Å². The zero-order valence-corrected chi connectivity index (χ0v) is 21.3. The van der Waals surface area contributed by atoms with Crippen LogP contribution in [0.4, 0.5) is 4.79 Å². The number of hydrogen-bond donors (Lipinski definition) is 1. The number of aliphatic hydroxyl groups excluding tert-OH is 1. The Morgan fingerprint density at radius 1 is 1.06 bits per heavy atom. The average molecular weight is 486 g/mol. The Labute approximate surface area is 197 Å². The van der Waals surface area contributed by atoms with Gasteiger partial charge < -0.3 is 19.5 Å². The van der Waals surface area contributed by atoms with E-state index in [1.54, 1.807) is 18.7 Å². The number of sulfone groups is 1. The van der Waals surface area contributed by atoms with Crippen molar-refractivity contribution >= 4 is 15.9 Å². The highest BCUT2D eigenvalue weighted by Gasteiger charge is 2.26. The van der Waals surface area contributed by atoms with Gasteiger partial charge in [-0.05, 0) is 73.1 Å². The Kier molecular flexibility index (Phi) is 9.90. The summed E-state index contributed by atoms with van der Waals surface area (Å²) in [5.41, 5.74) is -0.437. The molecule has 3 rings (SSSR count). The molecule has 2 fully saturated rings. The molecule has 188 valence electrons. The molecule has 0 atom stereocenters. The molecule has 1 aromatic rings. The number of piperidine rings is 1. The molecule has 0 bridgehead atoms. The van der Waals surface area contributed by atoms with Gasteiger partial charge in [0.1, 0.15) is 11.7 Å². The number of nitrogens with zero attached hydrogens (tertiary/aromatic N) is 3. The number of aromatic nitrogens is 2. The van der Waals surface area contributed by atoms with Crippen LogP contribution < -0.4 is 4.74 Å². The fourth-order valence-electron chi connectivity index (χ4n) is 3.48. The monoisotopic (exact) mass is 485 g/mol. The fourth-order valence-corrected chi connectivity index (χ4v) is 4.36. The molecule has 2 aliphatic rings. The van der Waals surface area contributed by atoms with Crippen LogP contribution in [0.5, 0.6) is 5.88 Å². The Bertz CT molecular complexity index is 838. The highest BCUT2D eigenvalue weighted by molar-refractivity contribution is 7.91. The van der Waals surface area contributed by atoms with Gasteiger partial charge >= 0.3 is 6.09 Å². The Balaban J connectivity index is 0.000000245. The molecule has 10 heteroatoms. The Hall–Kier alpha value is -1.94. The Morgan fingerprint density at radius 2 is 1.67 bits per heavy atom. The third-order valence-electron chi connectivity index (χ3n) is 5.47. The van der Waals surface area contributed by atoms with Crippen molar-refractivity contribution in [1.29, 1.82) is 0 Å². The molecule has 0 spiro atoms. The van der Waals surface area contributed by atoms with Crippen molar-refractivity contribution in [2.24, 2.45) is 0 Å². The molecule has 0 unspecified atom stereocenters. The average Bonchev–Trinajstić information content (AvgIpc) is 2.74. The predicted octanol–water partition coefficient (Wildman–Crippen LogP) is 3.75. The molecule has 1 amide bonds. The molecule has 1 saturated heterocycles. The normalized spacial score (nSPS) is 18.5. The summed E-state index contributed by atoms with van der Waals surface area (Å²) in [5, 5.41) is 8.78. The predicted molar refractivity (Wildman–Crippen MR) is 125 cm³/mol. The number of rotatable bonds is 4.